The molecule has 0 bridgehead atoms. The molecule has 0 aliphatic heterocycles. The summed E-state index contributed by atoms with van der Waals surface area (Å²) in [6, 6.07) is 5.86. The molecule has 1 aromatic rings. The first kappa shape index (κ1) is 14.7. The largest absolute Gasteiger partial charge is 0.345 e. The van der Waals surface area contributed by atoms with Crippen molar-refractivity contribution in [3.63, 3.8) is 0 Å². The second-order valence-corrected chi connectivity index (χ2v) is 5.61. The van der Waals surface area contributed by atoms with Gasteiger partial charge < -0.3 is 11.1 Å². The average molecular weight is 248 g/mol. The van der Waals surface area contributed by atoms with Gasteiger partial charge in [-0.25, -0.2) is 0 Å². The van der Waals surface area contributed by atoms with E-state index in [9.17, 15) is 4.79 Å². The summed E-state index contributed by atoms with van der Waals surface area (Å²) < 4.78 is 0. The van der Waals surface area contributed by atoms with Crippen LogP contribution in [0.5, 0.6) is 0 Å². The van der Waals surface area contributed by atoms with Gasteiger partial charge in [-0.3, -0.25) is 4.79 Å². The van der Waals surface area contributed by atoms with Crippen LogP contribution in [0.2, 0.25) is 0 Å². The van der Waals surface area contributed by atoms with Crippen LogP contribution in [0.15, 0.2) is 18.2 Å². The van der Waals surface area contributed by atoms with Crippen LogP contribution in [0.3, 0.4) is 0 Å². The quantitative estimate of drug-likeness (QED) is 0.859. The Morgan fingerprint density at radius 3 is 2.17 bits per heavy atom. The van der Waals surface area contributed by atoms with E-state index in [2.05, 4.69) is 25.2 Å². The molecule has 0 aliphatic rings. The summed E-state index contributed by atoms with van der Waals surface area (Å²) >= 11 is 0. The zero-order valence-corrected chi connectivity index (χ0v) is 12.0. The van der Waals surface area contributed by atoms with Crippen molar-refractivity contribution in [2.75, 3.05) is 6.54 Å². The Morgan fingerprint density at radius 2 is 1.78 bits per heavy atom. The van der Waals surface area contributed by atoms with E-state index in [1.165, 1.54) is 0 Å². The number of amides is 1. The average Bonchev–Trinajstić information content (AvgIpc) is 2.27. The molecule has 0 aromatic heterocycles. The van der Waals surface area contributed by atoms with Gasteiger partial charge in [0.25, 0.3) is 5.91 Å². The molecule has 0 heterocycles. The van der Waals surface area contributed by atoms with E-state index in [1.54, 1.807) is 0 Å². The first-order valence-corrected chi connectivity index (χ1v) is 6.39. The van der Waals surface area contributed by atoms with E-state index in [0.29, 0.717) is 12.1 Å². The summed E-state index contributed by atoms with van der Waals surface area (Å²) in [5, 5.41) is 3.05. The maximum Gasteiger partial charge on any atom is 0.251 e. The van der Waals surface area contributed by atoms with Gasteiger partial charge in [-0.05, 0) is 38.8 Å². The molecule has 0 aliphatic carbocycles. The van der Waals surface area contributed by atoms with Gasteiger partial charge in [-0.15, -0.1) is 0 Å². The van der Waals surface area contributed by atoms with Crippen molar-refractivity contribution in [1.29, 1.82) is 0 Å². The van der Waals surface area contributed by atoms with Crippen molar-refractivity contribution in [3.8, 4) is 0 Å². The van der Waals surface area contributed by atoms with Gasteiger partial charge in [-0.2, -0.15) is 0 Å². The van der Waals surface area contributed by atoms with Crippen molar-refractivity contribution in [3.05, 3.63) is 34.9 Å². The number of carbonyl (C=O) groups excluding carboxylic acids is 1. The van der Waals surface area contributed by atoms with Gasteiger partial charge in [0.1, 0.15) is 0 Å². The van der Waals surface area contributed by atoms with Crippen molar-refractivity contribution >= 4 is 5.91 Å². The summed E-state index contributed by atoms with van der Waals surface area (Å²) in [5.74, 6) is 0.237. The molecule has 0 saturated carbocycles. The first-order valence-electron chi connectivity index (χ1n) is 6.39. The molecule has 3 nitrogen and oxygen atoms in total. The van der Waals surface area contributed by atoms with E-state index in [0.717, 1.165) is 11.1 Å². The summed E-state index contributed by atoms with van der Waals surface area (Å²) in [4.78, 5) is 12.3. The van der Waals surface area contributed by atoms with Gasteiger partial charge >= 0.3 is 0 Å². The third-order valence-electron chi connectivity index (χ3n) is 3.58. The molecule has 100 valence electrons. The number of rotatable bonds is 4. The number of nitrogens with one attached hydrogen (secondary N) is 1. The highest BCUT2D eigenvalue weighted by Gasteiger charge is 2.28. The Bertz CT molecular complexity index is 420. The van der Waals surface area contributed by atoms with Crippen LogP contribution in [0.1, 0.15) is 42.3 Å². The molecule has 1 atom stereocenters. The number of aryl methyl sites for hydroxylation is 2. The molecule has 18 heavy (non-hydrogen) atoms. The van der Waals surface area contributed by atoms with Crippen LogP contribution in [0.4, 0.5) is 0 Å². The van der Waals surface area contributed by atoms with E-state index in [4.69, 9.17) is 5.73 Å². The van der Waals surface area contributed by atoms with E-state index in [1.807, 2.05) is 32.9 Å². The molecular weight excluding hydrogens is 224 g/mol. The summed E-state index contributed by atoms with van der Waals surface area (Å²) in [5.41, 5.74) is 8.31. The monoisotopic (exact) mass is 248 g/mol. The molecule has 1 aromatic carbocycles. The third kappa shape index (κ3) is 3.33. The first-order chi connectivity index (χ1) is 8.28. The Morgan fingerprint density at radius 1 is 1.28 bits per heavy atom. The summed E-state index contributed by atoms with van der Waals surface area (Å²) in [6.07, 6.45) is 0. The molecule has 1 unspecified atom stereocenters. The fourth-order valence-corrected chi connectivity index (χ4v) is 1.87. The molecule has 0 radical (unpaired) electrons. The molecule has 1 amide bonds. The lowest BCUT2D eigenvalue weighted by Gasteiger charge is -2.33. The Hall–Kier alpha value is -1.35. The molecule has 0 saturated heterocycles. The standard InChI is InChI=1S/C15H24N2O/c1-10(2)15(5,9-16)17-14(18)13-7-11(3)6-12(4)8-13/h6-8,10H,9,16H2,1-5H3,(H,17,18). The Labute approximate surface area is 110 Å². The number of nitrogens with two attached hydrogens (primary N) is 1. The van der Waals surface area contributed by atoms with E-state index < -0.39 is 0 Å². The SMILES string of the molecule is Cc1cc(C)cc(C(=O)NC(C)(CN)C(C)C)c1. The lowest BCUT2D eigenvalue weighted by Crippen LogP contribution is -2.55. The van der Waals surface area contributed by atoms with Gasteiger partial charge in [-0.1, -0.05) is 31.0 Å². The predicted molar refractivity (Wildman–Crippen MR) is 75.7 cm³/mol. The zero-order valence-electron chi connectivity index (χ0n) is 12.0. The lowest BCUT2D eigenvalue weighted by atomic mass is 9.88. The maximum atomic E-state index is 12.3. The summed E-state index contributed by atoms with van der Waals surface area (Å²) in [6.45, 7) is 10.5. The van der Waals surface area contributed by atoms with Crippen molar-refractivity contribution in [1.82, 2.24) is 5.32 Å². The van der Waals surface area contributed by atoms with Crippen molar-refractivity contribution in [2.24, 2.45) is 11.7 Å². The number of carbonyl (C=O) groups is 1. The topological polar surface area (TPSA) is 55.1 Å². The van der Waals surface area contributed by atoms with E-state index in [-0.39, 0.29) is 17.4 Å². The third-order valence-corrected chi connectivity index (χ3v) is 3.58. The minimum absolute atomic E-state index is 0.0524. The maximum absolute atomic E-state index is 12.3. The molecule has 0 spiro atoms. The molecule has 0 fully saturated rings. The summed E-state index contributed by atoms with van der Waals surface area (Å²) in [7, 11) is 0. The number of benzene rings is 1. The second-order valence-electron chi connectivity index (χ2n) is 5.61. The van der Waals surface area contributed by atoms with Crippen LogP contribution in [-0.2, 0) is 0 Å². The number of hydrogen-bond acceptors (Lipinski definition) is 2. The highest BCUT2D eigenvalue weighted by Crippen LogP contribution is 2.16. The fraction of sp³-hybridized carbons (Fsp3) is 0.533. The molecule has 1 rings (SSSR count). The lowest BCUT2D eigenvalue weighted by molar-refractivity contribution is 0.0883. The van der Waals surface area contributed by atoms with Gasteiger partial charge in [0.2, 0.25) is 0 Å². The number of hydrogen-bond donors (Lipinski definition) is 2. The second kappa shape index (κ2) is 5.53. The van der Waals surface area contributed by atoms with Crippen LogP contribution in [0, 0.1) is 19.8 Å². The van der Waals surface area contributed by atoms with Crippen LogP contribution in [0.25, 0.3) is 0 Å². The Balaban J connectivity index is 2.94. The minimum Gasteiger partial charge on any atom is -0.345 e. The Kier molecular flexibility index (Phi) is 4.52. The predicted octanol–water partition coefficient (Wildman–Crippen LogP) is 2.41. The fourth-order valence-electron chi connectivity index (χ4n) is 1.87. The highest BCUT2D eigenvalue weighted by atomic mass is 16.1. The minimum atomic E-state index is -0.366. The zero-order chi connectivity index (χ0) is 13.9. The van der Waals surface area contributed by atoms with Crippen LogP contribution in [-0.4, -0.2) is 18.0 Å². The van der Waals surface area contributed by atoms with Crippen molar-refractivity contribution in [2.45, 2.75) is 40.2 Å². The van der Waals surface area contributed by atoms with Gasteiger partial charge in [0.05, 0.1) is 5.54 Å². The van der Waals surface area contributed by atoms with Crippen molar-refractivity contribution < 1.29 is 4.79 Å². The van der Waals surface area contributed by atoms with E-state index >= 15 is 0 Å². The smallest absolute Gasteiger partial charge is 0.251 e. The molecular formula is C15H24N2O. The normalized spacial score (nSPS) is 14.4. The van der Waals surface area contributed by atoms with Crippen LogP contribution >= 0.6 is 0 Å². The van der Waals surface area contributed by atoms with Gasteiger partial charge in [0, 0.05) is 12.1 Å². The van der Waals surface area contributed by atoms with Crippen LogP contribution < -0.4 is 11.1 Å². The highest BCUT2D eigenvalue weighted by molar-refractivity contribution is 5.95. The van der Waals surface area contributed by atoms with Gasteiger partial charge in [0.15, 0.2) is 0 Å². The molecule has 3 heteroatoms. The molecule has 3 N–H and O–H groups in total.